The van der Waals surface area contributed by atoms with E-state index in [0.717, 1.165) is 25.0 Å². The summed E-state index contributed by atoms with van der Waals surface area (Å²) < 4.78 is 10.8. The minimum absolute atomic E-state index is 0.0393. The lowest BCUT2D eigenvalue weighted by molar-refractivity contribution is -0.127. The molecule has 4 amide bonds. The molecule has 0 fully saturated rings. The summed E-state index contributed by atoms with van der Waals surface area (Å²) in [5, 5.41) is 26.3. The molecule has 354 valence electrons. The standard InChI is InChI=1S/C47H43Cl5N8O8/c1-23(49)33-12-7-29(20-40(33)67-5)53-44(63)35-18-31(9-14-37(35)51)57-59-42(25(3)61)46(65)55-28-11-16-39(27(17-28)22-48)56-47(66)43(26(4)62)60-58-32-10-15-38(52)36(19-32)45(64)54-30-8-13-34(24(2)50)41(21-30)68-6/h7-21,23-24,42-43H,22H2,1-6H3,(H,53,63)(H,54,64)(H,55,65)(H,56,66). The lowest BCUT2D eigenvalue weighted by Crippen LogP contribution is -2.32. The number of nitrogens with zero attached hydrogens (tertiary/aromatic N) is 4. The monoisotopic (exact) mass is 1020 g/mol. The van der Waals surface area contributed by atoms with Gasteiger partial charge in [-0.2, -0.15) is 20.5 Å². The van der Waals surface area contributed by atoms with E-state index < -0.39 is 47.3 Å². The number of benzene rings is 5. The highest BCUT2D eigenvalue weighted by Gasteiger charge is 2.26. The van der Waals surface area contributed by atoms with Crippen LogP contribution in [-0.2, 0) is 25.1 Å². The van der Waals surface area contributed by atoms with Gasteiger partial charge in [0.25, 0.3) is 23.6 Å². The highest BCUT2D eigenvalue weighted by Crippen LogP contribution is 2.34. The Balaban J connectivity index is 1.25. The van der Waals surface area contributed by atoms with Crippen molar-refractivity contribution in [2.75, 3.05) is 35.5 Å². The van der Waals surface area contributed by atoms with Crippen LogP contribution in [0.4, 0.5) is 34.1 Å². The molecule has 0 aliphatic rings. The number of methoxy groups -OCH3 is 2. The van der Waals surface area contributed by atoms with Gasteiger partial charge in [-0.3, -0.25) is 28.8 Å². The molecule has 16 nitrogen and oxygen atoms in total. The van der Waals surface area contributed by atoms with Gasteiger partial charge in [-0.25, -0.2) is 0 Å². The van der Waals surface area contributed by atoms with Crippen molar-refractivity contribution < 1.29 is 38.2 Å². The second-order valence-electron chi connectivity index (χ2n) is 14.8. The molecule has 0 aliphatic carbocycles. The van der Waals surface area contributed by atoms with Gasteiger partial charge < -0.3 is 30.7 Å². The number of hydrogen-bond donors (Lipinski definition) is 4. The van der Waals surface area contributed by atoms with Crippen LogP contribution in [0.1, 0.15) is 75.9 Å². The van der Waals surface area contributed by atoms with E-state index in [0.29, 0.717) is 28.4 Å². The first kappa shape index (κ1) is 52.5. The smallest absolute Gasteiger partial charge is 0.258 e. The SMILES string of the molecule is COc1cc(NC(=O)c2cc(N=NC(C(C)=O)C(=O)Nc3ccc(NC(=O)C(N=Nc4ccc(Cl)c(C(=O)Nc5ccc(C(C)Cl)c(OC)c5)c4)C(C)=O)c(CCl)c3)ccc2Cl)ccc1C(C)Cl. The number of ether oxygens (including phenoxy) is 2. The first-order valence-electron chi connectivity index (χ1n) is 20.3. The molecule has 21 heteroatoms. The van der Waals surface area contributed by atoms with Gasteiger partial charge in [0.2, 0.25) is 12.1 Å². The fourth-order valence-corrected chi connectivity index (χ4v) is 7.32. The van der Waals surface area contributed by atoms with Crippen LogP contribution in [0.2, 0.25) is 10.0 Å². The Kier molecular flexibility index (Phi) is 18.6. The molecule has 5 aromatic rings. The van der Waals surface area contributed by atoms with Gasteiger partial charge in [-0.05, 0) is 100.0 Å². The molecule has 0 saturated carbocycles. The van der Waals surface area contributed by atoms with Crippen molar-refractivity contribution >= 4 is 127 Å². The highest BCUT2D eigenvalue weighted by molar-refractivity contribution is 6.35. The average molecular weight is 1030 g/mol. The number of amides is 4. The van der Waals surface area contributed by atoms with Crippen LogP contribution in [0.25, 0.3) is 0 Å². The second-order valence-corrected chi connectivity index (χ2v) is 17.2. The van der Waals surface area contributed by atoms with Gasteiger partial charge in [-0.1, -0.05) is 35.3 Å². The molecule has 0 saturated heterocycles. The molecule has 0 aliphatic heterocycles. The summed E-state index contributed by atoms with van der Waals surface area (Å²) in [6.45, 7) is 5.89. The van der Waals surface area contributed by atoms with Crippen molar-refractivity contribution in [2.24, 2.45) is 20.5 Å². The maximum absolute atomic E-state index is 13.4. The molecule has 4 unspecified atom stereocenters. The number of anilines is 4. The van der Waals surface area contributed by atoms with Crippen molar-refractivity contribution in [1.82, 2.24) is 0 Å². The number of nitrogens with one attached hydrogen (secondary N) is 4. The Labute approximate surface area is 416 Å². The average Bonchev–Trinajstić information content (AvgIpc) is 3.29. The van der Waals surface area contributed by atoms with Crippen LogP contribution < -0.4 is 30.7 Å². The summed E-state index contributed by atoms with van der Waals surface area (Å²) in [4.78, 5) is 78.5. The van der Waals surface area contributed by atoms with Gasteiger partial charge >= 0.3 is 0 Å². The number of carbonyl (C=O) groups excluding carboxylic acids is 6. The summed E-state index contributed by atoms with van der Waals surface area (Å²) in [6.07, 6.45) is 0. The predicted octanol–water partition coefficient (Wildman–Crippen LogP) is 12.2. The number of ketones is 2. The van der Waals surface area contributed by atoms with Gasteiger partial charge in [0.15, 0.2) is 11.6 Å². The van der Waals surface area contributed by atoms with Crippen LogP contribution >= 0.6 is 58.0 Å². The van der Waals surface area contributed by atoms with Crippen molar-refractivity contribution in [3.8, 4) is 11.5 Å². The minimum atomic E-state index is -1.62. The zero-order valence-electron chi connectivity index (χ0n) is 37.1. The lowest BCUT2D eigenvalue weighted by atomic mass is 10.1. The molecule has 0 radical (unpaired) electrons. The number of alkyl halides is 3. The fourth-order valence-electron chi connectivity index (χ4n) is 6.33. The van der Waals surface area contributed by atoms with E-state index in [4.69, 9.17) is 67.5 Å². The first-order valence-corrected chi connectivity index (χ1v) is 22.5. The van der Waals surface area contributed by atoms with Crippen LogP contribution in [0.5, 0.6) is 11.5 Å². The molecule has 5 aromatic carbocycles. The quantitative estimate of drug-likeness (QED) is 0.0353. The zero-order valence-corrected chi connectivity index (χ0v) is 40.9. The highest BCUT2D eigenvalue weighted by atomic mass is 35.5. The number of Topliss-reactive ketones (excluding diaryl/α,β-unsaturated/α-hetero) is 2. The number of hydrogen-bond acceptors (Lipinski definition) is 12. The Morgan fingerprint density at radius 2 is 0.971 bits per heavy atom. The zero-order chi connectivity index (χ0) is 49.8. The van der Waals surface area contributed by atoms with Gasteiger partial charge in [0, 0.05) is 51.9 Å². The fraction of sp³-hybridized carbons (Fsp3) is 0.234. The summed E-state index contributed by atoms with van der Waals surface area (Å²) >= 11 is 31.4. The Hall–Kier alpha value is -6.43. The lowest BCUT2D eigenvalue weighted by Gasteiger charge is -2.15. The first-order chi connectivity index (χ1) is 32.3. The van der Waals surface area contributed by atoms with E-state index in [2.05, 4.69) is 41.7 Å². The molecule has 4 N–H and O–H groups in total. The summed E-state index contributed by atoms with van der Waals surface area (Å²) in [5.74, 6) is -3.33. The van der Waals surface area contributed by atoms with Crippen molar-refractivity contribution in [3.63, 3.8) is 0 Å². The van der Waals surface area contributed by atoms with Crippen molar-refractivity contribution in [1.29, 1.82) is 0 Å². The molecule has 4 atom stereocenters. The predicted molar refractivity (Wildman–Crippen MR) is 265 cm³/mol. The van der Waals surface area contributed by atoms with Crippen LogP contribution in [0.3, 0.4) is 0 Å². The number of rotatable bonds is 19. The second kappa shape index (κ2) is 24.0. The van der Waals surface area contributed by atoms with E-state index in [-0.39, 0.29) is 60.6 Å². The Morgan fingerprint density at radius 1 is 0.559 bits per heavy atom. The summed E-state index contributed by atoms with van der Waals surface area (Å²) in [6, 6.07) is 19.5. The molecule has 0 spiro atoms. The van der Waals surface area contributed by atoms with Crippen molar-refractivity contribution in [2.45, 2.75) is 56.4 Å². The van der Waals surface area contributed by atoms with E-state index >= 15 is 0 Å². The Bertz CT molecular complexity index is 2820. The van der Waals surface area contributed by atoms with Gasteiger partial charge in [0.05, 0.1) is 57.5 Å². The maximum Gasteiger partial charge on any atom is 0.258 e. The largest absolute Gasteiger partial charge is 0.496 e. The third-order valence-electron chi connectivity index (χ3n) is 9.85. The molecule has 5 rings (SSSR count). The molecule has 0 heterocycles. The van der Waals surface area contributed by atoms with E-state index in [1.165, 1.54) is 68.8 Å². The van der Waals surface area contributed by atoms with E-state index in [9.17, 15) is 28.8 Å². The normalized spacial score (nSPS) is 13.0. The third kappa shape index (κ3) is 13.6. The third-order valence-corrected chi connectivity index (χ3v) is 11.3. The van der Waals surface area contributed by atoms with Crippen LogP contribution in [0.15, 0.2) is 111 Å². The van der Waals surface area contributed by atoms with E-state index in [1.54, 1.807) is 50.2 Å². The van der Waals surface area contributed by atoms with Gasteiger partial charge in [0.1, 0.15) is 11.5 Å². The maximum atomic E-state index is 13.4. The Morgan fingerprint density at radius 3 is 1.37 bits per heavy atom. The topological polar surface area (TPSA) is 218 Å². The molecular formula is C47H43Cl5N8O8. The minimum Gasteiger partial charge on any atom is -0.496 e. The van der Waals surface area contributed by atoms with Crippen molar-refractivity contribution in [3.05, 3.63) is 129 Å². The number of azo groups is 2. The molecular weight excluding hydrogens is 982 g/mol. The number of halogens is 5. The summed E-state index contributed by atoms with van der Waals surface area (Å²) in [7, 11) is 2.97. The number of carbonyl (C=O) groups is 6. The molecule has 0 aromatic heterocycles. The molecule has 68 heavy (non-hydrogen) atoms. The van der Waals surface area contributed by atoms with Crippen LogP contribution in [0, 0.1) is 0 Å². The van der Waals surface area contributed by atoms with Crippen LogP contribution in [-0.4, -0.2) is 61.5 Å². The molecule has 0 bridgehead atoms. The van der Waals surface area contributed by atoms with E-state index in [1.807, 2.05) is 0 Å². The van der Waals surface area contributed by atoms with Gasteiger partial charge in [-0.15, -0.1) is 34.8 Å². The summed E-state index contributed by atoms with van der Waals surface area (Å²) in [5.41, 5.74) is 3.32.